The van der Waals surface area contributed by atoms with Gasteiger partial charge in [0.05, 0.1) is 0 Å². The van der Waals surface area contributed by atoms with Crippen molar-refractivity contribution >= 4 is 0 Å². The van der Waals surface area contributed by atoms with E-state index in [0.29, 0.717) is 11.6 Å². The van der Waals surface area contributed by atoms with Gasteiger partial charge in [0.1, 0.15) is 0 Å². The summed E-state index contributed by atoms with van der Waals surface area (Å²) in [4.78, 5) is 2.77. The van der Waals surface area contributed by atoms with Gasteiger partial charge in [-0.15, -0.1) is 0 Å². The van der Waals surface area contributed by atoms with Gasteiger partial charge < -0.3 is 5.32 Å². The molecule has 126 valence electrons. The first kappa shape index (κ1) is 19.0. The second kappa shape index (κ2) is 10.6. The van der Waals surface area contributed by atoms with Crippen LogP contribution in [0.15, 0.2) is 0 Å². The zero-order valence-electron chi connectivity index (χ0n) is 15.2. The van der Waals surface area contributed by atoms with E-state index in [9.17, 15) is 0 Å². The molecule has 1 atom stereocenters. The van der Waals surface area contributed by atoms with Crippen molar-refractivity contribution < 1.29 is 0 Å². The fourth-order valence-electron chi connectivity index (χ4n) is 4.38. The van der Waals surface area contributed by atoms with Crippen LogP contribution in [0.1, 0.15) is 91.9 Å². The van der Waals surface area contributed by atoms with Crippen LogP contribution < -0.4 is 5.32 Å². The Morgan fingerprint density at radius 3 is 2.10 bits per heavy atom. The highest BCUT2D eigenvalue weighted by atomic mass is 15.2. The predicted octanol–water partition coefficient (Wildman–Crippen LogP) is 4.98. The monoisotopic (exact) mass is 296 g/mol. The van der Waals surface area contributed by atoms with E-state index in [1.54, 1.807) is 0 Å². The normalized spacial score (nSPS) is 19.3. The van der Waals surface area contributed by atoms with Gasteiger partial charge in [0.2, 0.25) is 0 Å². The van der Waals surface area contributed by atoms with Crippen LogP contribution >= 0.6 is 0 Å². The number of likely N-dealkylation sites (N-methyl/N-ethyl adjacent to an activating group) is 1. The molecule has 1 rings (SSSR count). The highest BCUT2D eigenvalue weighted by Gasteiger charge is 2.44. The average molecular weight is 297 g/mol. The summed E-state index contributed by atoms with van der Waals surface area (Å²) in [5.41, 5.74) is 0.449. The van der Waals surface area contributed by atoms with Gasteiger partial charge in [0, 0.05) is 11.6 Å². The van der Waals surface area contributed by atoms with Crippen molar-refractivity contribution in [3.05, 3.63) is 0 Å². The second-order valence-electron chi connectivity index (χ2n) is 6.84. The molecule has 2 nitrogen and oxygen atoms in total. The van der Waals surface area contributed by atoms with Crippen LogP contribution in [0.25, 0.3) is 0 Å². The van der Waals surface area contributed by atoms with Crippen molar-refractivity contribution in [3.8, 4) is 0 Å². The van der Waals surface area contributed by atoms with Crippen LogP contribution in [0, 0.1) is 0 Å². The molecule has 1 fully saturated rings. The van der Waals surface area contributed by atoms with E-state index in [4.69, 9.17) is 0 Å². The van der Waals surface area contributed by atoms with E-state index >= 15 is 0 Å². The van der Waals surface area contributed by atoms with Gasteiger partial charge in [-0.25, -0.2) is 0 Å². The Balaban J connectivity index is 2.74. The van der Waals surface area contributed by atoms with Crippen LogP contribution in [0.5, 0.6) is 0 Å². The molecule has 0 radical (unpaired) electrons. The fourth-order valence-corrected chi connectivity index (χ4v) is 4.38. The van der Waals surface area contributed by atoms with Crippen LogP contribution in [0.2, 0.25) is 0 Å². The Kier molecular flexibility index (Phi) is 9.59. The molecule has 0 amide bonds. The largest absolute Gasteiger partial charge is 0.312 e. The molecule has 0 spiro atoms. The SMILES string of the molecule is CCCCCCC(NCCC)C1(N(CC)CC)CCCC1. The van der Waals surface area contributed by atoms with Crippen molar-refractivity contribution in [3.63, 3.8) is 0 Å². The summed E-state index contributed by atoms with van der Waals surface area (Å²) < 4.78 is 0. The molecular weight excluding hydrogens is 256 g/mol. The van der Waals surface area contributed by atoms with Crippen LogP contribution in [0.3, 0.4) is 0 Å². The molecule has 1 saturated carbocycles. The summed E-state index contributed by atoms with van der Waals surface area (Å²) in [6.45, 7) is 12.9. The molecule has 0 aliphatic heterocycles. The first-order valence-electron chi connectivity index (χ1n) is 9.73. The molecule has 1 aliphatic carbocycles. The molecule has 0 bridgehead atoms. The molecule has 0 aromatic heterocycles. The minimum absolute atomic E-state index is 0.449. The van der Waals surface area contributed by atoms with E-state index in [1.807, 2.05) is 0 Å². The lowest BCUT2D eigenvalue weighted by molar-refractivity contribution is 0.0586. The topological polar surface area (TPSA) is 15.3 Å². The number of hydrogen-bond donors (Lipinski definition) is 1. The fraction of sp³-hybridized carbons (Fsp3) is 1.00. The summed E-state index contributed by atoms with van der Waals surface area (Å²) in [6, 6.07) is 0.705. The van der Waals surface area contributed by atoms with Gasteiger partial charge in [-0.2, -0.15) is 0 Å². The van der Waals surface area contributed by atoms with Gasteiger partial charge in [0.25, 0.3) is 0 Å². The van der Waals surface area contributed by atoms with Gasteiger partial charge in [-0.3, -0.25) is 4.90 Å². The van der Waals surface area contributed by atoms with Crippen LogP contribution in [0.4, 0.5) is 0 Å². The second-order valence-corrected chi connectivity index (χ2v) is 6.84. The Morgan fingerprint density at radius 1 is 0.905 bits per heavy atom. The molecule has 1 aliphatic rings. The molecule has 0 heterocycles. The number of rotatable bonds is 12. The third-order valence-corrected chi connectivity index (χ3v) is 5.50. The minimum atomic E-state index is 0.449. The molecule has 0 saturated heterocycles. The maximum Gasteiger partial charge on any atom is 0.0362 e. The van der Waals surface area contributed by atoms with Gasteiger partial charge in [0.15, 0.2) is 0 Å². The third kappa shape index (κ3) is 5.25. The average Bonchev–Trinajstić information content (AvgIpc) is 2.98. The lowest BCUT2D eigenvalue weighted by atomic mass is 9.82. The van der Waals surface area contributed by atoms with Crippen molar-refractivity contribution in [1.29, 1.82) is 0 Å². The summed E-state index contributed by atoms with van der Waals surface area (Å²) in [5.74, 6) is 0. The van der Waals surface area contributed by atoms with Crippen LogP contribution in [-0.2, 0) is 0 Å². The number of hydrogen-bond acceptors (Lipinski definition) is 2. The highest BCUT2D eigenvalue weighted by molar-refractivity contribution is 5.03. The number of nitrogens with one attached hydrogen (secondary N) is 1. The minimum Gasteiger partial charge on any atom is -0.312 e. The summed E-state index contributed by atoms with van der Waals surface area (Å²) in [7, 11) is 0. The quantitative estimate of drug-likeness (QED) is 0.511. The highest BCUT2D eigenvalue weighted by Crippen LogP contribution is 2.39. The maximum absolute atomic E-state index is 3.94. The van der Waals surface area contributed by atoms with E-state index in [1.165, 1.54) is 83.8 Å². The maximum atomic E-state index is 3.94. The van der Waals surface area contributed by atoms with Crippen LogP contribution in [-0.4, -0.2) is 36.1 Å². The lowest BCUT2D eigenvalue weighted by Gasteiger charge is -2.47. The van der Waals surface area contributed by atoms with E-state index in [2.05, 4.69) is 37.9 Å². The molecule has 1 N–H and O–H groups in total. The smallest absolute Gasteiger partial charge is 0.0362 e. The van der Waals surface area contributed by atoms with Crippen molar-refractivity contribution in [2.45, 2.75) is 103 Å². The van der Waals surface area contributed by atoms with Crippen molar-refractivity contribution in [2.75, 3.05) is 19.6 Å². The standard InChI is InChI=1S/C19H40N2/c1-5-9-10-11-14-18(20-17-6-2)19(15-12-13-16-19)21(7-3)8-4/h18,20H,5-17H2,1-4H3. The Morgan fingerprint density at radius 2 is 1.57 bits per heavy atom. The molecule has 0 aromatic rings. The summed E-state index contributed by atoms with van der Waals surface area (Å²) >= 11 is 0. The number of nitrogens with zero attached hydrogens (tertiary/aromatic N) is 1. The van der Waals surface area contributed by atoms with E-state index in [0.717, 1.165) is 0 Å². The van der Waals surface area contributed by atoms with Gasteiger partial charge in [-0.05, 0) is 45.3 Å². The first-order chi connectivity index (χ1) is 10.2. The van der Waals surface area contributed by atoms with E-state index in [-0.39, 0.29) is 0 Å². The number of unbranched alkanes of at least 4 members (excludes halogenated alkanes) is 3. The van der Waals surface area contributed by atoms with E-state index < -0.39 is 0 Å². The zero-order chi connectivity index (χ0) is 15.6. The third-order valence-electron chi connectivity index (χ3n) is 5.50. The molecule has 0 aromatic carbocycles. The predicted molar refractivity (Wildman–Crippen MR) is 95.0 cm³/mol. The molecule has 2 heteroatoms. The Hall–Kier alpha value is -0.0800. The van der Waals surface area contributed by atoms with Gasteiger partial charge >= 0.3 is 0 Å². The molecule has 21 heavy (non-hydrogen) atoms. The van der Waals surface area contributed by atoms with Crippen molar-refractivity contribution in [1.82, 2.24) is 10.2 Å². The Bertz CT molecular complexity index is 242. The lowest BCUT2D eigenvalue weighted by Crippen LogP contribution is -2.60. The Labute approximate surface area is 134 Å². The molecular formula is C19H40N2. The summed E-state index contributed by atoms with van der Waals surface area (Å²) in [6.07, 6.45) is 13.8. The summed E-state index contributed by atoms with van der Waals surface area (Å²) in [5, 5.41) is 3.94. The first-order valence-corrected chi connectivity index (χ1v) is 9.73. The van der Waals surface area contributed by atoms with Crippen molar-refractivity contribution in [2.24, 2.45) is 0 Å². The zero-order valence-corrected chi connectivity index (χ0v) is 15.2. The molecule has 1 unspecified atom stereocenters. The van der Waals surface area contributed by atoms with Gasteiger partial charge in [-0.1, -0.05) is 66.2 Å².